The van der Waals surface area contributed by atoms with Crippen LogP contribution in [0.15, 0.2) is 4.99 Å². The molecule has 5 nitrogen and oxygen atoms in total. The zero-order valence-corrected chi connectivity index (χ0v) is 14.1. The molecule has 0 aromatic rings. The average molecular weight is 309 g/mol. The van der Waals surface area contributed by atoms with Crippen LogP contribution in [-0.2, 0) is 4.74 Å². The molecule has 2 saturated carbocycles. The van der Waals surface area contributed by atoms with Crippen LogP contribution >= 0.6 is 0 Å². The number of aliphatic hydroxyl groups is 1. The first-order valence-corrected chi connectivity index (χ1v) is 8.89. The number of ether oxygens (including phenoxy) is 1. The lowest BCUT2D eigenvalue weighted by molar-refractivity contribution is -0.106. The monoisotopic (exact) mass is 309 g/mol. The lowest BCUT2D eigenvalue weighted by atomic mass is 9.57. The third-order valence-electron chi connectivity index (χ3n) is 5.75. The van der Waals surface area contributed by atoms with Crippen molar-refractivity contribution < 1.29 is 9.84 Å². The van der Waals surface area contributed by atoms with Crippen LogP contribution in [0.5, 0.6) is 0 Å². The van der Waals surface area contributed by atoms with Crippen LogP contribution in [-0.4, -0.2) is 48.5 Å². The molecule has 0 spiro atoms. The van der Waals surface area contributed by atoms with Crippen molar-refractivity contribution in [2.45, 2.75) is 77.2 Å². The molecule has 3 atom stereocenters. The van der Waals surface area contributed by atoms with Gasteiger partial charge < -0.3 is 20.5 Å². The minimum absolute atomic E-state index is 0.112. The van der Waals surface area contributed by atoms with Gasteiger partial charge in [-0.2, -0.15) is 0 Å². The number of nitrogens with zero attached hydrogens (tertiary/aromatic N) is 1. The van der Waals surface area contributed by atoms with Crippen LogP contribution < -0.4 is 10.6 Å². The maximum atomic E-state index is 9.64. The number of hydrogen-bond acceptors (Lipinski definition) is 3. The third kappa shape index (κ3) is 2.98. The van der Waals surface area contributed by atoms with E-state index < -0.39 is 0 Å². The molecule has 0 aromatic carbocycles. The largest absolute Gasteiger partial charge is 0.393 e. The van der Waals surface area contributed by atoms with Gasteiger partial charge in [0.2, 0.25) is 0 Å². The van der Waals surface area contributed by atoms with Crippen LogP contribution in [0.3, 0.4) is 0 Å². The Morgan fingerprint density at radius 2 is 1.91 bits per heavy atom. The minimum atomic E-state index is -0.112. The highest BCUT2D eigenvalue weighted by molar-refractivity contribution is 5.80. The highest BCUT2D eigenvalue weighted by Gasteiger charge is 2.59. The second-order valence-corrected chi connectivity index (χ2v) is 7.66. The summed E-state index contributed by atoms with van der Waals surface area (Å²) in [5, 5.41) is 16.9. The molecule has 0 amide bonds. The first-order chi connectivity index (χ1) is 10.5. The molecule has 5 heteroatoms. The molecule has 3 N–H and O–H groups in total. The molecule has 3 aliphatic rings. The maximum absolute atomic E-state index is 9.64. The molecular weight excluding hydrogens is 278 g/mol. The van der Waals surface area contributed by atoms with Crippen molar-refractivity contribution in [2.75, 3.05) is 13.2 Å². The first-order valence-electron chi connectivity index (χ1n) is 8.89. The Morgan fingerprint density at radius 1 is 1.18 bits per heavy atom. The molecule has 0 radical (unpaired) electrons. The molecular formula is C17H31N3O2. The van der Waals surface area contributed by atoms with E-state index in [0.717, 1.165) is 51.2 Å². The summed E-state index contributed by atoms with van der Waals surface area (Å²) in [4.78, 5) is 4.63. The summed E-state index contributed by atoms with van der Waals surface area (Å²) in [6.07, 6.45) is 5.27. The van der Waals surface area contributed by atoms with E-state index >= 15 is 0 Å². The number of fused-ring (bicyclic) bond motifs is 1. The predicted octanol–water partition coefficient (Wildman–Crippen LogP) is 1.66. The number of nitrogens with one attached hydrogen (secondary N) is 2. The fraction of sp³-hybridized carbons (Fsp3) is 0.941. The van der Waals surface area contributed by atoms with Crippen LogP contribution in [0, 0.1) is 11.3 Å². The van der Waals surface area contributed by atoms with Gasteiger partial charge in [0.15, 0.2) is 5.96 Å². The van der Waals surface area contributed by atoms with Gasteiger partial charge >= 0.3 is 0 Å². The van der Waals surface area contributed by atoms with E-state index in [1.165, 1.54) is 0 Å². The lowest BCUT2D eigenvalue weighted by Gasteiger charge is -2.55. The highest BCUT2D eigenvalue weighted by atomic mass is 16.5. The van der Waals surface area contributed by atoms with E-state index in [9.17, 15) is 5.11 Å². The predicted molar refractivity (Wildman–Crippen MR) is 87.9 cm³/mol. The lowest BCUT2D eigenvalue weighted by Crippen LogP contribution is -2.68. The standard InChI is InChI=1S/C17H31N3O2/c1-4-18-16(19-11-5-7-12(21)8-6-11)20-14-13-9-10-22-15(13)17(14,2)3/h11-15,21H,4-10H2,1-3H3,(H2,18,19,20). The second kappa shape index (κ2) is 6.36. The van der Waals surface area contributed by atoms with Gasteiger partial charge in [-0.1, -0.05) is 13.8 Å². The summed E-state index contributed by atoms with van der Waals surface area (Å²) < 4.78 is 5.87. The SMILES string of the molecule is CCN=C(NC1CCC(O)CC1)NC1C2CCOC2C1(C)C. The molecule has 2 aliphatic carbocycles. The Kier molecular flexibility index (Phi) is 4.64. The zero-order valence-electron chi connectivity index (χ0n) is 14.1. The Hall–Kier alpha value is -0.810. The van der Waals surface area contributed by atoms with E-state index in [0.29, 0.717) is 24.1 Å². The summed E-state index contributed by atoms with van der Waals surface area (Å²) >= 11 is 0. The van der Waals surface area contributed by atoms with Crippen LogP contribution in [0.1, 0.15) is 52.9 Å². The van der Waals surface area contributed by atoms with Crippen molar-refractivity contribution in [1.29, 1.82) is 0 Å². The van der Waals surface area contributed by atoms with Crippen LogP contribution in [0.2, 0.25) is 0 Å². The molecule has 0 bridgehead atoms. The van der Waals surface area contributed by atoms with Gasteiger partial charge in [0.25, 0.3) is 0 Å². The van der Waals surface area contributed by atoms with Gasteiger partial charge in [-0.3, -0.25) is 4.99 Å². The van der Waals surface area contributed by atoms with Gasteiger partial charge in [-0.05, 0) is 39.0 Å². The third-order valence-corrected chi connectivity index (χ3v) is 5.75. The number of guanidine groups is 1. The van der Waals surface area contributed by atoms with Crippen molar-refractivity contribution in [3.05, 3.63) is 0 Å². The Bertz CT molecular complexity index is 416. The van der Waals surface area contributed by atoms with Gasteiger partial charge in [0, 0.05) is 36.6 Å². The van der Waals surface area contributed by atoms with E-state index in [1.807, 2.05) is 0 Å². The molecule has 22 heavy (non-hydrogen) atoms. The summed E-state index contributed by atoms with van der Waals surface area (Å²) in [6.45, 7) is 8.32. The fourth-order valence-corrected chi connectivity index (χ4v) is 4.47. The van der Waals surface area contributed by atoms with Crippen LogP contribution in [0.25, 0.3) is 0 Å². The van der Waals surface area contributed by atoms with Gasteiger partial charge in [0.1, 0.15) is 0 Å². The van der Waals surface area contributed by atoms with Gasteiger partial charge in [0.05, 0.1) is 12.2 Å². The molecule has 126 valence electrons. The molecule has 1 aliphatic heterocycles. The Balaban J connectivity index is 1.59. The van der Waals surface area contributed by atoms with Crippen molar-refractivity contribution in [2.24, 2.45) is 16.3 Å². The van der Waals surface area contributed by atoms with Crippen LogP contribution in [0.4, 0.5) is 0 Å². The molecule has 3 unspecified atom stereocenters. The summed E-state index contributed by atoms with van der Waals surface area (Å²) in [5.74, 6) is 1.55. The Morgan fingerprint density at radius 3 is 2.59 bits per heavy atom. The van der Waals surface area contributed by atoms with Gasteiger partial charge in [-0.25, -0.2) is 0 Å². The number of aliphatic imine (C=N–C) groups is 1. The first kappa shape index (κ1) is 16.1. The number of rotatable bonds is 3. The fourth-order valence-electron chi connectivity index (χ4n) is 4.47. The van der Waals surface area contributed by atoms with Crippen molar-refractivity contribution in [3.63, 3.8) is 0 Å². The van der Waals surface area contributed by atoms with Crippen molar-refractivity contribution >= 4 is 5.96 Å². The van der Waals surface area contributed by atoms with E-state index in [1.54, 1.807) is 0 Å². The van der Waals surface area contributed by atoms with Crippen molar-refractivity contribution in [3.8, 4) is 0 Å². The maximum Gasteiger partial charge on any atom is 0.191 e. The van der Waals surface area contributed by atoms with E-state index in [-0.39, 0.29) is 11.5 Å². The number of hydrogen-bond donors (Lipinski definition) is 3. The smallest absolute Gasteiger partial charge is 0.191 e. The molecule has 3 rings (SSSR count). The molecule has 3 fully saturated rings. The van der Waals surface area contributed by atoms with Crippen molar-refractivity contribution in [1.82, 2.24) is 10.6 Å². The molecule has 1 heterocycles. The van der Waals surface area contributed by atoms with Gasteiger partial charge in [-0.15, -0.1) is 0 Å². The van der Waals surface area contributed by atoms with E-state index in [2.05, 4.69) is 36.4 Å². The quantitative estimate of drug-likeness (QED) is 0.548. The summed E-state index contributed by atoms with van der Waals surface area (Å²) in [5.41, 5.74) is 0.167. The number of aliphatic hydroxyl groups excluding tert-OH is 1. The average Bonchev–Trinajstić information content (AvgIpc) is 2.94. The highest BCUT2D eigenvalue weighted by Crippen LogP contribution is 2.52. The topological polar surface area (TPSA) is 65.9 Å². The zero-order chi connectivity index (χ0) is 15.7. The minimum Gasteiger partial charge on any atom is -0.393 e. The molecule has 0 aromatic heterocycles. The summed E-state index contributed by atoms with van der Waals surface area (Å²) in [6, 6.07) is 0.868. The second-order valence-electron chi connectivity index (χ2n) is 7.66. The normalized spacial score (nSPS) is 40.7. The van der Waals surface area contributed by atoms with E-state index in [4.69, 9.17) is 4.74 Å². The Labute approximate surface area is 133 Å². The molecule has 1 saturated heterocycles. The summed E-state index contributed by atoms with van der Waals surface area (Å²) in [7, 11) is 0.